The van der Waals surface area contributed by atoms with Crippen molar-refractivity contribution >= 4 is 22.8 Å². The molecule has 1 unspecified atom stereocenters. The third-order valence-corrected chi connectivity index (χ3v) is 7.27. The minimum absolute atomic E-state index is 0.0705. The summed E-state index contributed by atoms with van der Waals surface area (Å²) >= 11 is 0. The monoisotopic (exact) mass is 546 g/mol. The van der Waals surface area contributed by atoms with Gasteiger partial charge in [-0.05, 0) is 78.9 Å². The van der Waals surface area contributed by atoms with Gasteiger partial charge in [-0.15, -0.1) is 0 Å². The number of ether oxygens (including phenoxy) is 1. The molecule has 6 heteroatoms. The van der Waals surface area contributed by atoms with Crippen molar-refractivity contribution in [3.8, 4) is 0 Å². The molecule has 0 saturated heterocycles. The smallest absolute Gasteiger partial charge is 0.306 e. The number of esters is 1. The fourth-order valence-corrected chi connectivity index (χ4v) is 5.29. The molecule has 0 aliphatic heterocycles. The molecule has 2 atom stereocenters. The molecule has 1 amide bonds. The van der Waals surface area contributed by atoms with Crippen molar-refractivity contribution in [1.29, 1.82) is 0 Å². The summed E-state index contributed by atoms with van der Waals surface area (Å²) in [6.45, 7) is 6.26. The number of benzene rings is 3. The van der Waals surface area contributed by atoms with Crippen molar-refractivity contribution in [2.45, 2.75) is 45.6 Å². The number of aromatic nitrogens is 1. The molecule has 2 heterocycles. The second kappa shape index (κ2) is 12.6. The van der Waals surface area contributed by atoms with Crippen LogP contribution < -0.4 is 5.32 Å². The van der Waals surface area contributed by atoms with Gasteiger partial charge in [0, 0.05) is 17.8 Å². The molecular formula is C35H34N2O4. The molecule has 2 aromatic heterocycles. The van der Waals surface area contributed by atoms with Crippen LogP contribution in [-0.2, 0) is 20.7 Å². The summed E-state index contributed by atoms with van der Waals surface area (Å²) in [5, 5.41) is 4.14. The number of carbonyl (C=O) groups is 2. The molecule has 208 valence electrons. The number of nitrogens with one attached hydrogen (secondary N) is 1. The average Bonchev–Trinajstić information content (AvgIpc) is 3.39. The molecule has 0 saturated carbocycles. The van der Waals surface area contributed by atoms with Crippen molar-refractivity contribution in [3.63, 3.8) is 0 Å². The maximum absolute atomic E-state index is 13.4. The number of hydrogen-bond donors (Lipinski definition) is 1. The first kappa shape index (κ1) is 27.8. The predicted octanol–water partition coefficient (Wildman–Crippen LogP) is 6.98. The number of aryl methyl sites for hydroxylation is 2. The van der Waals surface area contributed by atoms with Crippen LogP contribution in [0.3, 0.4) is 0 Å². The quantitative estimate of drug-likeness (QED) is 0.191. The van der Waals surface area contributed by atoms with Crippen LogP contribution in [0, 0.1) is 13.8 Å². The molecule has 0 aliphatic rings. The maximum atomic E-state index is 13.4. The van der Waals surface area contributed by atoms with E-state index in [1.54, 1.807) is 19.3 Å². The minimum Gasteiger partial charge on any atom is -0.466 e. The lowest BCUT2D eigenvalue weighted by molar-refractivity contribution is -0.143. The standard InChI is InChI=1S/C35H34N2O4/c1-4-40-34(39)22-30(26-14-16-36-17-15-26)32-21-28-19-25(11-13-31(28)41-32)20-33(38)37-35(27-8-6-5-7-9-27)29-12-10-23(2)18-24(29)3/h5-19,21,30,35H,4,20,22H2,1-3H3,(H,37,38)/t30?,35-/m0/s1. The van der Waals surface area contributed by atoms with Crippen molar-refractivity contribution in [2.75, 3.05) is 6.61 Å². The van der Waals surface area contributed by atoms with Gasteiger partial charge in [0.2, 0.25) is 5.91 Å². The Labute approximate surface area is 240 Å². The van der Waals surface area contributed by atoms with Gasteiger partial charge in [-0.25, -0.2) is 0 Å². The van der Waals surface area contributed by atoms with Gasteiger partial charge in [-0.3, -0.25) is 14.6 Å². The van der Waals surface area contributed by atoms with E-state index in [-0.39, 0.29) is 36.7 Å². The van der Waals surface area contributed by atoms with Gasteiger partial charge < -0.3 is 14.5 Å². The molecule has 0 spiro atoms. The van der Waals surface area contributed by atoms with E-state index in [4.69, 9.17) is 9.15 Å². The molecule has 5 rings (SSSR count). The summed E-state index contributed by atoms with van der Waals surface area (Å²) in [5.74, 6) is 0.00297. The van der Waals surface area contributed by atoms with Crippen molar-refractivity contribution in [3.05, 3.63) is 136 Å². The first-order chi connectivity index (χ1) is 19.9. The van der Waals surface area contributed by atoms with E-state index in [1.807, 2.05) is 66.7 Å². The lowest BCUT2D eigenvalue weighted by Gasteiger charge is -2.22. The Kier molecular flexibility index (Phi) is 8.59. The Morgan fingerprint density at radius 1 is 0.902 bits per heavy atom. The van der Waals surface area contributed by atoms with Crippen LogP contribution in [0.15, 0.2) is 102 Å². The molecule has 0 fully saturated rings. The number of furan rings is 1. The first-order valence-electron chi connectivity index (χ1n) is 13.9. The van der Waals surface area contributed by atoms with Gasteiger partial charge in [0.05, 0.1) is 31.4 Å². The number of carbonyl (C=O) groups excluding carboxylic acids is 2. The van der Waals surface area contributed by atoms with Crippen LogP contribution in [0.25, 0.3) is 11.0 Å². The third kappa shape index (κ3) is 6.72. The first-order valence-corrected chi connectivity index (χ1v) is 13.9. The normalized spacial score (nSPS) is 12.6. The molecular weight excluding hydrogens is 512 g/mol. The SMILES string of the molecule is CCOC(=O)CC(c1ccncc1)c1cc2cc(CC(=O)N[C@@H](c3ccccc3)c3ccc(C)cc3C)ccc2o1. The zero-order valence-electron chi connectivity index (χ0n) is 23.6. The highest BCUT2D eigenvalue weighted by Gasteiger charge is 2.24. The van der Waals surface area contributed by atoms with E-state index in [2.05, 4.69) is 42.3 Å². The zero-order chi connectivity index (χ0) is 28.8. The molecule has 0 aliphatic carbocycles. The number of fused-ring (bicyclic) bond motifs is 1. The van der Waals surface area contributed by atoms with Crippen LogP contribution in [0.4, 0.5) is 0 Å². The molecule has 5 aromatic rings. The number of nitrogens with zero attached hydrogens (tertiary/aromatic N) is 1. The van der Waals surface area contributed by atoms with E-state index in [0.717, 1.165) is 33.2 Å². The number of rotatable bonds is 10. The highest BCUT2D eigenvalue weighted by atomic mass is 16.5. The van der Waals surface area contributed by atoms with E-state index in [9.17, 15) is 9.59 Å². The number of pyridine rings is 1. The summed E-state index contributed by atoms with van der Waals surface area (Å²) in [6.07, 6.45) is 3.79. The summed E-state index contributed by atoms with van der Waals surface area (Å²) in [4.78, 5) is 29.9. The second-order valence-corrected chi connectivity index (χ2v) is 10.3. The largest absolute Gasteiger partial charge is 0.466 e. The van der Waals surface area contributed by atoms with Crippen molar-refractivity contribution in [2.24, 2.45) is 0 Å². The summed E-state index contributed by atoms with van der Waals surface area (Å²) in [6, 6.07) is 27.6. The van der Waals surface area contributed by atoms with Gasteiger partial charge in [0.15, 0.2) is 0 Å². The van der Waals surface area contributed by atoms with Gasteiger partial charge >= 0.3 is 5.97 Å². The van der Waals surface area contributed by atoms with Crippen LogP contribution in [0.1, 0.15) is 64.4 Å². The molecule has 1 N–H and O–H groups in total. The third-order valence-electron chi connectivity index (χ3n) is 7.27. The Bertz CT molecular complexity index is 1640. The second-order valence-electron chi connectivity index (χ2n) is 10.3. The van der Waals surface area contributed by atoms with Crippen LogP contribution >= 0.6 is 0 Å². The van der Waals surface area contributed by atoms with Gasteiger partial charge in [0.25, 0.3) is 0 Å². The van der Waals surface area contributed by atoms with E-state index >= 15 is 0 Å². The molecule has 6 nitrogen and oxygen atoms in total. The van der Waals surface area contributed by atoms with Gasteiger partial charge in [0.1, 0.15) is 11.3 Å². The highest BCUT2D eigenvalue weighted by Crippen LogP contribution is 2.33. The minimum atomic E-state index is -0.305. The van der Waals surface area contributed by atoms with E-state index in [1.165, 1.54) is 5.56 Å². The van der Waals surface area contributed by atoms with E-state index < -0.39 is 0 Å². The highest BCUT2D eigenvalue weighted by molar-refractivity contribution is 5.84. The van der Waals surface area contributed by atoms with Crippen molar-refractivity contribution in [1.82, 2.24) is 10.3 Å². The fraction of sp³-hybridized carbons (Fsp3) is 0.229. The Hall–Kier alpha value is -4.71. The molecule has 41 heavy (non-hydrogen) atoms. The lowest BCUT2D eigenvalue weighted by atomic mass is 9.93. The number of amides is 1. The lowest BCUT2D eigenvalue weighted by Crippen LogP contribution is -2.31. The summed E-state index contributed by atoms with van der Waals surface area (Å²) < 4.78 is 11.4. The number of hydrogen-bond acceptors (Lipinski definition) is 5. The van der Waals surface area contributed by atoms with Crippen LogP contribution in [0.2, 0.25) is 0 Å². The summed E-state index contributed by atoms with van der Waals surface area (Å²) in [7, 11) is 0. The van der Waals surface area contributed by atoms with Gasteiger partial charge in [-0.2, -0.15) is 0 Å². The van der Waals surface area contributed by atoms with Crippen LogP contribution in [0.5, 0.6) is 0 Å². The predicted molar refractivity (Wildman–Crippen MR) is 160 cm³/mol. The Morgan fingerprint density at radius 2 is 1.68 bits per heavy atom. The van der Waals surface area contributed by atoms with Crippen molar-refractivity contribution < 1.29 is 18.7 Å². The maximum Gasteiger partial charge on any atom is 0.306 e. The Balaban J connectivity index is 1.38. The fourth-order valence-electron chi connectivity index (χ4n) is 5.29. The molecule has 3 aromatic carbocycles. The summed E-state index contributed by atoms with van der Waals surface area (Å²) in [5.41, 5.74) is 6.93. The van der Waals surface area contributed by atoms with E-state index in [0.29, 0.717) is 18.0 Å². The Morgan fingerprint density at radius 3 is 2.41 bits per heavy atom. The van der Waals surface area contributed by atoms with Crippen LogP contribution in [-0.4, -0.2) is 23.5 Å². The van der Waals surface area contributed by atoms with Gasteiger partial charge in [-0.1, -0.05) is 60.2 Å². The average molecular weight is 547 g/mol. The topological polar surface area (TPSA) is 81.4 Å². The zero-order valence-corrected chi connectivity index (χ0v) is 23.6. The molecule has 0 radical (unpaired) electrons. The molecule has 0 bridgehead atoms.